The summed E-state index contributed by atoms with van der Waals surface area (Å²) in [5.74, 6) is -3.53. The van der Waals surface area contributed by atoms with Crippen molar-refractivity contribution in [3.05, 3.63) is 35.8 Å². The van der Waals surface area contributed by atoms with Crippen LogP contribution >= 0.6 is 0 Å². The fourth-order valence-corrected chi connectivity index (χ4v) is 9.75. The molecule has 0 amide bonds. The minimum atomic E-state index is -2.20. The summed E-state index contributed by atoms with van der Waals surface area (Å²) in [5, 5.41) is 12.7. The molecule has 1 aromatic rings. The lowest BCUT2D eigenvalue weighted by Crippen LogP contribution is -2.80. The van der Waals surface area contributed by atoms with Crippen LogP contribution in [0.3, 0.4) is 0 Å². The molecule has 3 saturated carbocycles. The molecular formula is C32H40O10. The van der Waals surface area contributed by atoms with E-state index in [1.807, 2.05) is 20.8 Å². The molecule has 1 N–H and O–H groups in total. The van der Waals surface area contributed by atoms with Crippen LogP contribution in [0.5, 0.6) is 0 Å². The van der Waals surface area contributed by atoms with Crippen molar-refractivity contribution in [2.24, 2.45) is 34.0 Å². The lowest BCUT2D eigenvalue weighted by Gasteiger charge is -2.66. The maximum atomic E-state index is 14.7. The third kappa shape index (κ3) is 3.39. The van der Waals surface area contributed by atoms with Gasteiger partial charge >= 0.3 is 17.9 Å². The lowest BCUT2D eigenvalue weighted by atomic mass is 9.36. The number of cyclic esters (lactones) is 1. The number of Topliss-reactive ketones (excluding diaryl/α,β-unsaturated/α-hetero) is 1. The van der Waals surface area contributed by atoms with Crippen LogP contribution in [-0.4, -0.2) is 59.3 Å². The van der Waals surface area contributed by atoms with Crippen LogP contribution in [0.25, 0.3) is 0 Å². The van der Waals surface area contributed by atoms with E-state index < -0.39 is 87.2 Å². The molecule has 5 fully saturated rings. The zero-order valence-electron chi connectivity index (χ0n) is 25.2. The first kappa shape index (κ1) is 29.1. The molecular weight excluding hydrogens is 544 g/mol. The number of hydrogen-bond acceptors (Lipinski definition) is 10. The van der Waals surface area contributed by atoms with E-state index in [9.17, 15) is 24.3 Å². The van der Waals surface area contributed by atoms with Gasteiger partial charge in [-0.25, -0.2) is 4.79 Å². The highest BCUT2D eigenvalue weighted by Crippen LogP contribution is 2.78. The van der Waals surface area contributed by atoms with Gasteiger partial charge in [-0.3, -0.25) is 14.4 Å². The largest absolute Gasteiger partial charge is 0.472 e. The van der Waals surface area contributed by atoms with Crippen molar-refractivity contribution in [3.8, 4) is 0 Å². The van der Waals surface area contributed by atoms with Crippen molar-refractivity contribution >= 4 is 23.7 Å². The number of allylic oxidation sites excluding steroid dienone is 1. The average molecular weight is 585 g/mol. The molecule has 6 rings (SSSR count). The molecule has 5 aliphatic rings. The number of carbonyl (C=O) groups is 4. The van der Waals surface area contributed by atoms with Crippen LogP contribution in [-0.2, 0) is 38.1 Å². The number of hydrogen-bond donors (Lipinski definition) is 1. The van der Waals surface area contributed by atoms with Crippen molar-refractivity contribution in [1.29, 1.82) is 0 Å². The molecule has 10 heteroatoms. The van der Waals surface area contributed by atoms with Gasteiger partial charge in [0.05, 0.1) is 26.1 Å². The SMILES string of the molecule is C/C=C(\C)C(=O)OC1C(C)(C)C(CC(=O)OC)C2(C)C(=O)C1(O)C1OC13C1CC(=O)OC(c4ccoc4)C1(C)CCC23. The number of carbonyl (C=O) groups excluding carboxylic acids is 4. The van der Waals surface area contributed by atoms with Crippen LogP contribution in [0.4, 0.5) is 0 Å². The topological polar surface area (TPSA) is 142 Å². The smallest absolute Gasteiger partial charge is 0.333 e. The highest BCUT2D eigenvalue weighted by molar-refractivity contribution is 5.99. The number of esters is 3. The zero-order valence-corrected chi connectivity index (χ0v) is 25.2. The highest BCUT2D eigenvalue weighted by atomic mass is 16.6. The predicted octanol–water partition coefficient (Wildman–Crippen LogP) is 3.85. The normalized spacial score (nSPS) is 45.1. The summed E-state index contributed by atoms with van der Waals surface area (Å²) in [6.45, 7) is 10.8. The van der Waals surface area contributed by atoms with E-state index in [1.165, 1.54) is 13.4 Å². The van der Waals surface area contributed by atoms with Gasteiger partial charge in [0.1, 0.15) is 23.9 Å². The monoisotopic (exact) mass is 584 g/mol. The van der Waals surface area contributed by atoms with Crippen molar-refractivity contribution in [3.63, 3.8) is 0 Å². The summed E-state index contributed by atoms with van der Waals surface area (Å²) in [7, 11) is 1.30. The standard InChI is InChI=1S/C32H40O10/c1-8-16(2)24(35)41-26-28(3,4)19(13-21(33)38-7)30(6)18-9-11-29(5)20(32(18)27(42-32)31(26,37)25(30)36)14-22(34)40-23(29)17-10-12-39-15-17/h8,10,12,15,18-20,23,26-27,37H,9,11,13-14H2,1-7H3/b16-8+. The Morgan fingerprint density at radius 3 is 2.50 bits per heavy atom. The van der Waals surface area contributed by atoms with Gasteiger partial charge in [-0.2, -0.15) is 0 Å². The van der Waals surface area contributed by atoms with Crippen LogP contribution in [0.2, 0.25) is 0 Å². The number of fused-ring (bicyclic) bond motifs is 5. The van der Waals surface area contributed by atoms with Gasteiger partial charge in [0.15, 0.2) is 11.4 Å². The van der Waals surface area contributed by atoms with Crippen molar-refractivity contribution in [2.45, 2.75) is 96.7 Å². The number of epoxide rings is 1. The summed E-state index contributed by atoms with van der Waals surface area (Å²) in [6, 6.07) is 1.78. The predicted molar refractivity (Wildman–Crippen MR) is 145 cm³/mol. The van der Waals surface area contributed by atoms with Gasteiger partial charge in [-0.05, 0) is 38.7 Å². The molecule has 2 saturated heterocycles. The zero-order chi connectivity index (χ0) is 30.6. The van der Waals surface area contributed by atoms with Crippen LogP contribution in [0.1, 0.15) is 78.9 Å². The molecule has 1 spiro atoms. The van der Waals surface area contributed by atoms with Gasteiger partial charge in [0.25, 0.3) is 0 Å². The number of methoxy groups -OCH3 is 1. The number of furan rings is 1. The number of ether oxygens (including phenoxy) is 4. The molecule has 3 aliphatic carbocycles. The Morgan fingerprint density at radius 1 is 1.17 bits per heavy atom. The van der Waals surface area contributed by atoms with E-state index in [0.29, 0.717) is 18.4 Å². The third-order valence-electron chi connectivity index (χ3n) is 11.8. The minimum Gasteiger partial charge on any atom is -0.472 e. The van der Waals surface area contributed by atoms with Crippen LogP contribution in [0.15, 0.2) is 34.7 Å². The molecule has 10 unspecified atom stereocenters. The molecule has 0 radical (unpaired) electrons. The fraction of sp³-hybridized carbons (Fsp3) is 0.688. The Balaban J connectivity index is 1.53. The fourth-order valence-electron chi connectivity index (χ4n) is 9.75. The molecule has 10 nitrogen and oxygen atoms in total. The molecule has 2 aliphatic heterocycles. The minimum absolute atomic E-state index is 0.0470. The molecule has 2 bridgehead atoms. The van der Waals surface area contributed by atoms with Crippen molar-refractivity contribution in [2.75, 3.05) is 7.11 Å². The van der Waals surface area contributed by atoms with E-state index in [-0.39, 0.29) is 12.8 Å². The third-order valence-corrected chi connectivity index (χ3v) is 11.8. The Bertz CT molecular complexity index is 1380. The summed E-state index contributed by atoms with van der Waals surface area (Å²) in [6.07, 6.45) is 2.89. The molecule has 228 valence electrons. The number of ketones is 1. The second-order valence-electron chi connectivity index (χ2n) is 14.0. The second kappa shape index (κ2) is 9.02. The van der Waals surface area contributed by atoms with Crippen LogP contribution in [0, 0.1) is 34.0 Å². The first-order valence-corrected chi connectivity index (χ1v) is 14.7. The van der Waals surface area contributed by atoms with Gasteiger partial charge in [0.2, 0.25) is 0 Å². The van der Waals surface area contributed by atoms with Crippen molar-refractivity contribution in [1.82, 2.24) is 0 Å². The van der Waals surface area contributed by atoms with E-state index in [2.05, 4.69) is 6.92 Å². The molecule has 42 heavy (non-hydrogen) atoms. The Hall–Kier alpha value is -2.98. The maximum Gasteiger partial charge on any atom is 0.333 e. The lowest BCUT2D eigenvalue weighted by molar-refractivity contribution is -0.250. The van der Waals surface area contributed by atoms with E-state index in [4.69, 9.17) is 23.4 Å². The van der Waals surface area contributed by atoms with Gasteiger partial charge in [0, 0.05) is 45.6 Å². The Labute approximate surface area is 245 Å². The average Bonchev–Trinajstić information content (AvgIpc) is 3.44. The summed E-state index contributed by atoms with van der Waals surface area (Å²) in [4.78, 5) is 53.9. The van der Waals surface area contributed by atoms with E-state index in [0.717, 1.165) is 5.56 Å². The van der Waals surface area contributed by atoms with Gasteiger partial charge in [-0.15, -0.1) is 0 Å². The molecule has 3 heterocycles. The maximum absolute atomic E-state index is 14.7. The second-order valence-corrected chi connectivity index (χ2v) is 14.0. The molecule has 0 aromatic carbocycles. The summed E-state index contributed by atoms with van der Waals surface area (Å²) < 4.78 is 29.0. The van der Waals surface area contributed by atoms with Crippen molar-refractivity contribution < 1.29 is 47.6 Å². The quantitative estimate of drug-likeness (QED) is 0.235. The highest BCUT2D eigenvalue weighted by Gasteiger charge is 2.90. The number of aliphatic hydroxyl groups is 1. The first-order chi connectivity index (χ1) is 19.6. The van der Waals surface area contributed by atoms with E-state index >= 15 is 0 Å². The first-order valence-electron chi connectivity index (χ1n) is 14.7. The molecule has 10 atom stereocenters. The van der Waals surface area contributed by atoms with E-state index in [1.54, 1.807) is 32.3 Å². The van der Waals surface area contributed by atoms with Gasteiger partial charge < -0.3 is 28.5 Å². The summed E-state index contributed by atoms with van der Waals surface area (Å²) in [5.41, 5.74) is -5.08. The Morgan fingerprint density at radius 2 is 1.88 bits per heavy atom. The van der Waals surface area contributed by atoms with Gasteiger partial charge in [-0.1, -0.05) is 33.8 Å². The van der Waals surface area contributed by atoms with Crippen LogP contribution < -0.4 is 0 Å². The summed E-state index contributed by atoms with van der Waals surface area (Å²) >= 11 is 0. The molecule has 1 aromatic heterocycles. The number of rotatable bonds is 5. The Kier molecular flexibility index (Phi) is 6.25.